The normalized spacial score (nSPS) is 11.4. The molecule has 0 N–H and O–H groups in total. The van der Waals surface area contributed by atoms with Gasteiger partial charge in [0.2, 0.25) is 0 Å². The molecular formula is C17H18BrNO. The van der Waals surface area contributed by atoms with Crippen LogP contribution in [0, 0.1) is 6.92 Å². The van der Waals surface area contributed by atoms with E-state index >= 15 is 0 Å². The van der Waals surface area contributed by atoms with Gasteiger partial charge >= 0.3 is 0 Å². The molecule has 0 spiro atoms. The van der Waals surface area contributed by atoms with Crippen LogP contribution < -0.4 is 0 Å². The molecule has 0 aliphatic rings. The Balaban J connectivity index is 2.03. The van der Waals surface area contributed by atoms with Crippen molar-refractivity contribution < 1.29 is 4.84 Å². The van der Waals surface area contributed by atoms with Crippen LogP contribution in [-0.4, -0.2) is 5.71 Å². The quantitative estimate of drug-likeness (QED) is 0.436. The molecule has 2 aromatic rings. The summed E-state index contributed by atoms with van der Waals surface area (Å²) in [5.41, 5.74) is 5.67. The van der Waals surface area contributed by atoms with E-state index in [2.05, 4.69) is 46.2 Å². The van der Waals surface area contributed by atoms with E-state index in [-0.39, 0.29) is 0 Å². The molecule has 0 saturated heterocycles. The third-order valence-corrected chi connectivity index (χ3v) is 3.79. The van der Waals surface area contributed by atoms with Gasteiger partial charge in [0.1, 0.15) is 6.61 Å². The van der Waals surface area contributed by atoms with Gasteiger partial charge in [-0.1, -0.05) is 63.6 Å². The minimum atomic E-state index is 0.495. The van der Waals surface area contributed by atoms with E-state index in [0.29, 0.717) is 6.61 Å². The van der Waals surface area contributed by atoms with Crippen LogP contribution >= 0.6 is 15.9 Å². The van der Waals surface area contributed by atoms with Gasteiger partial charge in [0.25, 0.3) is 0 Å². The lowest BCUT2D eigenvalue weighted by atomic mass is 10.0. The molecule has 104 valence electrons. The summed E-state index contributed by atoms with van der Waals surface area (Å²) >= 11 is 3.50. The Morgan fingerprint density at radius 1 is 1.15 bits per heavy atom. The SMILES string of the molecule is CC(=NOCc1ccccc1)c1ccc(C)c(CBr)c1. The van der Waals surface area contributed by atoms with Crippen LogP contribution in [0.15, 0.2) is 53.7 Å². The van der Waals surface area contributed by atoms with Crippen LogP contribution in [0.5, 0.6) is 0 Å². The highest BCUT2D eigenvalue weighted by Gasteiger charge is 2.02. The first-order valence-electron chi connectivity index (χ1n) is 6.57. The van der Waals surface area contributed by atoms with E-state index in [1.165, 1.54) is 11.1 Å². The lowest BCUT2D eigenvalue weighted by molar-refractivity contribution is 0.130. The first-order valence-corrected chi connectivity index (χ1v) is 7.69. The summed E-state index contributed by atoms with van der Waals surface area (Å²) in [5, 5.41) is 5.05. The van der Waals surface area contributed by atoms with Crippen molar-refractivity contribution in [3.63, 3.8) is 0 Å². The summed E-state index contributed by atoms with van der Waals surface area (Å²) in [6, 6.07) is 16.4. The van der Waals surface area contributed by atoms with E-state index in [0.717, 1.165) is 22.2 Å². The smallest absolute Gasteiger partial charge is 0.142 e. The van der Waals surface area contributed by atoms with Crippen molar-refractivity contribution in [2.45, 2.75) is 25.8 Å². The average Bonchev–Trinajstić information content (AvgIpc) is 2.48. The number of alkyl halides is 1. The van der Waals surface area contributed by atoms with Crippen LogP contribution in [0.4, 0.5) is 0 Å². The number of aryl methyl sites for hydroxylation is 1. The fourth-order valence-corrected chi connectivity index (χ4v) is 2.48. The summed E-state index contributed by atoms with van der Waals surface area (Å²) in [5.74, 6) is 0. The van der Waals surface area contributed by atoms with Gasteiger partial charge in [-0.15, -0.1) is 0 Å². The van der Waals surface area contributed by atoms with E-state index < -0.39 is 0 Å². The predicted octanol–water partition coefficient (Wildman–Crippen LogP) is 4.83. The monoisotopic (exact) mass is 331 g/mol. The molecule has 0 heterocycles. The second-order valence-electron chi connectivity index (χ2n) is 4.71. The molecule has 0 fully saturated rings. The Hall–Kier alpha value is -1.61. The van der Waals surface area contributed by atoms with Gasteiger partial charge in [0.15, 0.2) is 0 Å². The van der Waals surface area contributed by atoms with Gasteiger partial charge in [-0.25, -0.2) is 0 Å². The number of oxime groups is 1. The zero-order valence-corrected chi connectivity index (χ0v) is 13.4. The Labute approximate surface area is 128 Å². The van der Waals surface area contributed by atoms with Crippen molar-refractivity contribution in [3.8, 4) is 0 Å². The summed E-state index contributed by atoms with van der Waals surface area (Å²) in [6.07, 6.45) is 0. The molecule has 0 aliphatic heterocycles. The molecule has 0 atom stereocenters. The third kappa shape index (κ3) is 3.94. The molecule has 2 aromatic carbocycles. The summed E-state index contributed by atoms with van der Waals surface area (Å²) in [6.45, 7) is 4.57. The highest BCUT2D eigenvalue weighted by molar-refractivity contribution is 9.08. The van der Waals surface area contributed by atoms with Crippen LogP contribution in [0.3, 0.4) is 0 Å². The van der Waals surface area contributed by atoms with E-state index in [1.807, 2.05) is 37.3 Å². The van der Waals surface area contributed by atoms with Gasteiger partial charge in [0, 0.05) is 5.33 Å². The lowest BCUT2D eigenvalue weighted by Crippen LogP contribution is -1.99. The molecule has 0 unspecified atom stereocenters. The fourth-order valence-electron chi connectivity index (χ4n) is 1.87. The van der Waals surface area contributed by atoms with Crippen molar-refractivity contribution in [3.05, 3.63) is 70.8 Å². The maximum atomic E-state index is 5.42. The van der Waals surface area contributed by atoms with E-state index in [4.69, 9.17) is 4.84 Å². The predicted molar refractivity (Wildman–Crippen MR) is 87.3 cm³/mol. The lowest BCUT2D eigenvalue weighted by Gasteiger charge is -2.06. The molecule has 0 saturated carbocycles. The number of benzene rings is 2. The van der Waals surface area contributed by atoms with Crippen molar-refractivity contribution in [1.29, 1.82) is 0 Å². The number of halogens is 1. The van der Waals surface area contributed by atoms with Crippen molar-refractivity contribution >= 4 is 21.6 Å². The topological polar surface area (TPSA) is 21.6 Å². The second-order valence-corrected chi connectivity index (χ2v) is 5.27. The number of nitrogens with zero attached hydrogens (tertiary/aromatic N) is 1. The maximum Gasteiger partial charge on any atom is 0.142 e. The molecule has 0 aliphatic carbocycles. The second kappa shape index (κ2) is 7.25. The summed E-state index contributed by atoms with van der Waals surface area (Å²) < 4.78 is 0. The molecule has 0 radical (unpaired) electrons. The van der Waals surface area contributed by atoms with Crippen molar-refractivity contribution in [1.82, 2.24) is 0 Å². The standard InChI is InChI=1S/C17H18BrNO/c1-13-8-9-16(10-17(13)11-18)14(2)19-20-12-15-6-4-3-5-7-15/h3-10H,11-12H2,1-2H3. The maximum absolute atomic E-state index is 5.42. The number of rotatable bonds is 5. The van der Waals surface area contributed by atoms with Crippen molar-refractivity contribution in [2.75, 3.05) is 0 Å². The van der Waals surface area contributed by atoms with Crippen LogP contribution in [0.2, 0.25) is 0 Å². The fraction of sp³-hybridized carbons (Fsp3) is 0.235. The molecule has 2 nitrogen and oxygen atoms in total. The molecule has 0 bridgehead atoms. The van der Waals surface area contributed by atoms with Crippen molar-refractivity contribution in [2.24, 2.45) is 5.16 Å². The molecular weight excluding hydrogens is 314 g/mol. The van der Waals surface area contributed by atoms with Gasteiger partial charge < -0.3 is 4.84 Å². The van der Waals surface area contributed by atoms with Gasteiger partial charge in [-0.3, -0.25) is 0 Å². The van der Waals surface area contributed by atoms with E-state index in [9.17, 15) is 0 Å². The summed E-state index contributed by atoms with van der Waals surface area (Å²) in [7, 11) is 0. The highest BCUT2D eigenvalue weighted by atomic mass is 79.9. The number of hydrogen-bond acceptors (Lipinski definition) is 2. The van der Waals surface area contributed by atoms with Crippen LogP contribution in [0.1, 0.15) is 29.2 Å². The minimum Gasteiger partial charge on any atom is -0.391 e. The zero-order valence-electron chi connectivity index (χ0n) is 11.8. The number of hydrogen-bond donors (Lipinski definition) is 0. The largest absolute Gasteiger partial charge is 0.391 e. The van der Waals surface area contributed by atoms with Gasteiger partial charge in [-0.05, 0) is 42.2 Å². The molecule has 20 heavy (non-hydrogen) atoms. The third-order valence-electron chi connectivity index (χ3n) is 3.19. The molecule has 3 heteroatoms. The molecule has 2 rings (SSSR count). The Kier molecular flexibility index (Phi) is 5.36. The minimum absolute atomic E-state index is 0.495. The Bertz CT molecular complexity index is 593. The van der Waals surface area contributed by atoms with Crippen LogP contribution in [-0.2, 0) is 16.8 Å². The highest BCUT2D eigenvalue weighted by Crippen LogP contribution is 2.15. The molecule has 0 aromatic heterocycles. The van der Waals surface area contributed by atoms with Gasteiger partial charge in [-0.2, -0.15) is 0 Å². The Morgan fingerprint density at radius 2 is 1.90 bits per heavy atom. The first-order chi connectivity index (χ1) is 9.70. The average molecular weight is 332 g/mol. The molecule has 0 amide bonds. The zero-order chi connectivity index (χ0) is 14.4. The van der Waals surface area contributed by atoms with Crippen LogP contribution in [0.25, 0.3) is 0 Å². The summed E-state index contributed by atoms with van der Waals surface area (Å²) in [4.78, 5) is 5.42. The first kappa shape index (κ1) is 14.8. The van der Waals surface area contributed by atoms with Gasteiger partial charge in [0.05, 0.1) is 5.71 Å². The Morgan fingerprint density at radius 3 is 2.60 bits per heavy atom. The van der Waals surface area contributed by atoms with E-state index in [1.54, 1.807) is 0 Å².